The predicted octanol–water partition coefficient (Wildman–Crippen LogP) is 7.89. The summed E-state index contributed by atoms with van der Waals surface area (Å²) in [4.78, 5) is 51.7. The van der Waals surface area contributed by atoms with Gasteiger partial charge in [-0.05, 0) is 120 Å². The van der Waals surface area contributed by atoms with Gasteiger partial charge < -0.3 is 40.6 Å². The molecule has 0 saturated carbocycles. The third-order valence-electron chi connectivity index (χ3n) is 8.71. The number of nitrogen functional groups attached to an aromatic ring is 2. The zero-order valence-electron chi connectivity index (χ0n) is 32.6. The summed E-state index contributed by atoms with van der Waals surface area (Å²) in [6, 6.07) is 25.2. The molecule has 18 heteroatoms. The molecule has 5 rings (SSSR count). The van der Waals surface area contributed by atoms with Gasteiger partial charge in [-0.1, -0.05) is 36.4 Å². The summed E-state index contributed by atoms with van der Waals surface area (Å²) >= 11 is 0. The lowest BCUT2D eigenvalue weighted by atomic mass is 9.83. The largest absolute Gasteiger partial charge is 0.484 e. The number of benzene rings is 5. The Morgan fingerprint density at radius 3 is 1.33 bits per heavy atom. The maximum atomic E-state index is 13.3. The number of carbonyl (C=O) groups excluding carboxylic acids is 4. The number of alkyl halides is 6. The van der Waals surface area contributed by atoms with Crippen molar-refractivity contribution < 1.29 is 74.7 Å². The molecule has 63 heavy (non-hydrogen) atoms. The van der Waals surface area contributed by atoms with Crippen molar-refractivity contribution in [3.63, 3.8) is 0 Å². The summed E-state index contributed by atoms with van der Waals surface area (Å²) in [7, 11) is 0. The third-order valence-corrected chi connectivity index (χ3v) is 8.71. The van der Waals surface area contributed by atoms with Gasteiger partial charge in [0.1, 0.15) is 23.0 Å². The number of rotatable bonds is 17. The summed E-state index contributed by atoms with van der Waals surface area (Å²) in [5.41, 5.74) is 13.1. The molecule has 5 aromatic carbocycles. The normalized spacial score (nSPS) is 12.5. The molecule has 0 bridgehead atoms. The lowest BCUT2D eigenvalue weighted by Gasteiger charge is -2.29. The number of nitrogens with two attached hydrogens (primary N) is 2. The van der Waals surface area contributed by atoms with Crippen molar-refractivity contribution in [1.29, 1.82) is 0 Å². The Balaban J connectivity index is 1.20. The van der Waals surface area contributed by atoms with Crippen molar-refractivity contribution in [3.05, 3.63) is 155 Å². The van der Waals surface area contributed by atoms with E-state index in [0.29, 0.717) is 11.1 Å². The molecule has 0 aliphatic heterocycles. The van der Waals surface area contributed by atoms with Gasteiger partial charge in [0.15, 0.2) is 19.0 Å². The number of aliphatic hydroxyl groups is 2. The number of anilines is 2. The summed E-state index contributed by atoms with van der Waals surface area (Å²) in [5, 5.41) is 22.5. The Labute approximate surface area is 354 Å². The van der Waals surface area contributed by atoms with Crippen molar-refractivity contribution in [2.45, 2.75) is 30.5 Å². The molecule has 0 saturated heterocycles. The Morgan fingerprint density at radius 1 is 0.556 bits per heavy atom. The highest BCUT2D eigenvalue weighted by Gasteiger charge is 2.42. The second-order valence-corrected chi connectivity index (χ2v) is 13.7. The second-order valence-electron chi connectivity index (χ2n) is 13.7. The number of esters is 2. The molecule has 0 spiro atoms. The SMILES string of the molecule is Nc1cc(N)cc(C(CC(=O)C=Cc2ccc(OC(=O)c3ccc(OCC(F)(F)F)cc3)cc2)C(O)(O)C(=O)C=Cc2ccc(OC(=O)c3ccc(OCC(F)(F)F)cc3)cc2)c1. The molecule has 0 heterocycles. The van der Waals surface area contributed by atoms with Crippen molar-refractivity contribution >= 4 is 47.0 Å². The highest BCUT2D eigenvalue weighted by molar-refractivity contribution is 6.01. The van der Waals surface area contributed by atoms with E-state index in [2.05, 4.69) is 9.47 Å². The maximum Gasteiger partial charge on any atom is 0.422 e. The van der Waals surface area contributed by atoms with Crippen LogP contribution in [0.2, 0.25) is 0 Å². The van der Waals surface area contributed by atoms with Crippen molar-refractivity contribution in [2.75, 3.05) is 24.7 Å². The molecular formula is C45H36F6N2O10. The van der Waals surface area contributed by atoms with Gasteiger partial charge in [0.2, 0.25) is 11.6 Å². The van der Waals surface area contributed by atoms with Gasteiger partial charge in [-0.3, -0.25) is 9.59 Å². The minimum absolute atomic E-state index is 0.0278. The zero-order chi connectivity index (χ0) is 46.0. The van der Waals surface area contributed by atoms with E-state index in [1.54, 1.807) is 0 Å². The van der Waals surface area contributed by atoms with E-state index in [1.807, 2.05) is 0 Å². The van der Waals surface area contributed by atoms with Crippen LogP contribution in [0, 0.1) is 0 Å². The minimum Gasteiger partial charge on any atom is -0.484 e. The molecule has 328 valence electrons. The summed E-state index contributed by atoms with van der Waals surface area (Å²) in [6.07, 6.45) is -5.01. The molecular weight excluding hydrogens is 842 g/mol. The number of hydrogen-bond donors (Lipinski definition) is 4. The van der Waals surface area contributed by atoms with E-state index >= 15 is 0 Å². The van der Waals surface area contributed by atoms with Crippen LogP contribution < -0.4 is 30.4 Å². The first-order valence-electron chi connectivity index (χ1n) is 18.4. The maximum absolute atomic E-state index is 13.3. The number of halogens is 6. The smallest absolute Gasteiger partial charge is 0.422 e. The van der Waals surface area contributed by atoms with E-state index in [9.17, 15) is 55.7 Å². The molecule has 0 aromatic heterocycles. The molecule has 1 atom stereocenters. The number of hydrogen-bond acceptors (Lipinski definition) is 12. The molecule has 0 radical (unpaired) electrons. The Morgan fingerprint density at radius 2 is 0.937 bits per heavy atom. The van der Waals surface area contributed by atoms with Gasteiger partial charge in [0.05, 0.1) is 17.0 Å². The quantitative estimate of drug-likeness (QED) is 0.0176. The first kappa shape index (κ1) is 46.6. The van der Waals surface area contributed by atoms with E-state index in [0.717, 1.165) is 12.2 Å². The average Bonchev–Trinajstić information content (AvgIpc) is 3.22. The fourth-order valence-electron chi connectivity index (χ4n) is 5.65. The van der Waals surface area contributed by atoms with Gasteiger partial charge in [0, 0.05) is 17.8 Å². The molecule has 6 N–H and O–H groups in total. The molecule has 0 aliphatic carbocycles. The van der Waals surface area contributed by atoms with E-state index < -0.39 is 67.2 Å². The number of ketones is 2. The molecule has 5 aromatic rings. The zero-order valence-corrected chi connectivity index (χ0v) is 32.6. The highest BCUT2D eigenvalue weighted by Crippen LogP contribution is 2.34. The van der Waals surface area contributed by atoms with Gasteiger partial charge in [0.25, 0.3) is 0 Å². The molecule has 12 nitrogen and oxygen atoms in total. The Hall–Kier alpha value is -7.44. The van der Waals surface area contributed by atoms with Crippen LogP contribution in [0.1, 0.15) is 49.7 Å². The number of allylic oxidation sites excluding steroid dienone is 1. The molecule has 1 unspecified atom stereocenters. The van der Waals surface area contributed by atoms with Crippen LogP contribution in [0.25, 0.3) is 12.2 Å². The minimum atomic E-state index is -4.53. The first-order valence-corrected chi connectivity index (χ1v) is 18.4. The average molecular weight is 879 g/mol. The molecule has 0 aliphatic rings. The standard InChI is InChI=1S/C45H36F6N2O10/c46-43(47,48)25-60-35-16-7-29(8-17-35)41(56)62-37-12-2-27(3-13-37)1-11-34(54)24-39(31-21-32(52)23-33(53)22-31)45(58,59)40(55)20-6-28-4-14-38(15-5-28)63-42(57)30-9-18-36(19-10-30)61-26-44(49,50)51/h1-23,39,58-59H,24-26,52-53H2. The summed E-state index contributed by atoms with van der Waals surface area (Å²) in [6.45, 7) is -2.99. The van der Waals surface area contributed by atoms with Crippen LogP contribution in [0.4, 0.5) is 37.7 Å². The summed E-state index contributed by atoms with van der Waals surface area (Å²) in [5.74, 6) is -8.20. The van der Waals surface area contributed by atoms with Crippen LogP contribution in [0.15, 0.2) is 127 Å². The van der Waals surface area contributed by atoms with Crippen LogP contribution in [0.5, 0.6) is 23.0 Å². The van der Waals surface area contributed by atoms with E-state index in [-0.39, 0.29) is 51.1 Å². The topological polar surface area (TPSA) is 198 Å². The number of carbonyl (C=O) groups is 4. The van der Waals surface area contributed by atoms with E-state index in [1.165, 1.54) is 127 Å². The van der Waals surface area contributed by atoms with Crippen molar-refractivity contribution in [2.24, 2.45) is 0 Å². The van der Waals surface area contributed by atoms with Gasteiger partial charge in [-0.2, -0.15) is 26.3 Å². The third kappa shape index (κ3) is 14.3. The van der Waals surface area contributed by atoms with Crippen LogP contribution in [-0.4, -0.2) is 65.1 Å². The molecule has 0 fully saturated rings. The first-order chi connectivity index (χ1) is 29.6. The van der Waals surface area contributed by atoms with Crippen LogP contribution in [-0.2, 0) is 9.59 Å². The van der Waals surface area contributed by atoms with Gasteiger partial charge >= 0.3 is 24.3 Å². The Kier molecular flexibility index (Phi) is 14.8. The highest BCUT2D eigenvalue weighted by atomic mass is 19.4. The van der Waals surface area contributed by atoms with E-state index in [4.69, 9.17) is 20.9 Å². The Bertz CT molecular complexity index is 2450. The van der Waals surface area contributed by atoms with Crippen LogP contribution >= 0.6 is 0 Å². The van der Waals surface area contributed by atoms with Gasteiger partial charge in [-0.25, -0.2) is 9.59 Å². The summed E-state index contributed by atoms with van der Waals surface area (Å²) < 4.78 is 94.2. The number of ether oxygens (including phenoxy) is 4. The van der Waals surface area contributed by atoms with Crippen LogP contribution in [0.3, 0.4) is 0 Å². The van der Waals surface area contributed by atoms with Crippen molar-refractivity contribution in [1.82, 2.24) is 0 Å². The lowest BCUT2D eigenvalue weighted by Crippen LogP contribution is -2.44. The van der Waals surface area contributed by atoms with Gasteiger partial charge in [-0.15, -0.1) is 0 Å². The molecule has 0 amide bonds. The lowest BCUT2D eigenvalue weighted by molar-refractivity contribution is -0.187. The van der Waals surface area contributed by atoms with Crippen molar-refractivity contribution in [3.8, 4) is 23.0 Å². The second kappa shape index (κ2) is 20.0. The predicted molar refractivity (Wildman–Crippen MR) is 217 cm³/mol. The monoisotopic (exact) mass is 878 g/mol. The fourth-order valence-corrected chi connectivity index (χ4v) is 5.65. The fraction of sp³-hybridized carbons (Fsp3) is 0.156.